The smallest absolute Gasteiger partial charge is 0.292 e. The average molecular weight is 435 g/mol. The molecule has 0 bridgehead atoms. The number of carbonyl (C=O) groups excluding carboxylic acids is 1. The summed E-state index contributed by atoms with van der Waals surface area (Å²) < 4.78 is 6.14. The van der Waals surface area contributed by atoms with E-state index in [0.29, 0.717) is 11.4 Å². The second kappa shape index (κ2) is 9.04. The Hall–Kier alpha value is -4.95. The second-order valence-electron chi connectivity index (χ2n) is 6.99. The summed E-state index contributed by atoms with van der Waals surface area (Å²) in [6, 6.07) is 23.6. The van der Waals surface area contributed by atoms with Gasteiger partial charge in [-0.15, -0.1) is 0 Å². The molecule has 160 valence electrons. The fraction of sp³-hybridized carbons (Fsp3) is 0.0800. The number of nitriles is 1. The predicted octanol–water partition coefficient (Wildman–Crippen LogP) is 2.94. The zero-order valence-corrected chi connectivity index (χ0v) is 17.8. The van der Waals surface area contributed by atoms with E-state index in [1.165, 1.54) is 20.2 Å². The van der Waals surface area contributed by atoms with Crippen molar-refractivity contribution < 1.29 is 9.53 Å². The number of ether oxygens (including phenoxy) is 1. The third kappa shape index (κ3) is 4.14. The lowest BCUT2D eigenvalue weighted by Gasteiger charge is -2.11. The highest BCUT2D eigenvalue weighted by atomic mass is 16.5. The molecule has 1 heterocycles. The summed E-state index contributed by atoms with van der Waals surface area (Å²) in [5, 5.41) is 19.5. The molecule has 0 spiro atoms. The summed E-state index contributed by atoms with van der Waals surface area (Å²) >= 11 is 0. The first-order valence-corrected chi connectivity index (χ1v) is 9.86. The number of hydrazone groups is 1. The summed E-state index contributed by atoms with van der Waals surface area (Å²) in [7, 11) is 1.52. The van der Waals surface area contributed by atoms with Gasteiger partial charge in [0, 0.05) is 16.5 Å². The standard InChI is InChI=1S/C25H17N5O3/c1-16-22(14-26)25(32)30(19-10-12-20(33-2)13-11-19)29-23(16)24(31)28-27-15-18-8-5-7-17-6-3-4-9-21(17)18/h3-4,6,8-13,15H,1-2H3,(H,28,31)/b27-15+. The van der Waals surface area contributed by atoms with Crippen molar-refractivity contribution in [3.63, 3.8) is 0 Å². The van der Waals surface area contributed by atoms with Gasteiger partial charge in [0.2, 0.25) is 0 Å². The van der Waals surface area contributed by atoms with Crippen molar-refractivity contribution in [2.24, 2.45) is 5.10 Å². The number of hydrogen-bond acceptors (Lipinski definition) is 6. The molecule has 4 rings (SSSR count). The van der Waals surface area contributed by atoms with Gasteiger partial charge in [0.25, 0.3) is 11.5 Å². The highest BCUT2D eigenvalue weighted by molar-refractivity contribution is 6.00. The van der Waals surface area contributed by atoms with Gasteiger partial charge >= 0.3 is 0 Å². The second-order valence-corrected chi connectivity index (χ2v) is 6.99. The van der Waals surface area contributed by atoms with Crippen molar-refractivity contribution in [3.05, 3.63) is 99.5 Å². The molecule has 0 atom stereocenters. The van der Waals surface area contributed by atoms with Crippen LogP contribution in [0.25, 0.3) is 16.5 Å². The molecule has 1 aromatic heterocycles. The number of nitrogens with one attached hydrogen (secondary N) is 1. The Kier molecular flexibility index (Phi) is 5.83. The number of methoxy groups -OCH3 is 1. The summed E-state index contributed by atoms with van der Waals surface area (Å²) in [6.07, 6.45) is 1.49. The Morgan fingerprint density at radius 3 is 2.73 bits per heavy atom. The largest absolute Gasteiger partial charge is 0.497 e. The van der Waals surface area contributed by atoms with Gasteiger partial charge < -0.3 is 4.74 Å². The SMILES string of the molecule is COc1ccc(-n2nc(C(=O)N/N=C/c3cc#cc4ccccc34)c(C)c(C#N)c2=O)cc1. The van der Waals surface area contributed by atoms with Gasteiger partial charge in [-0.05, 0) is 48.7 Å². The number of nitrogens with zero attached hydrogens (tertiary/aromatic N) is 4. The van der Waals surface area contributed by atoms with Crippen LogP contribution in [0.2, 0.25) is 0 Å². The van der Waals surface area contributed by atoms with E-state index in [9.17, 15) is 14.9 Å². The summed E-state index contributed by atoms with van der Waals surface area (Å²) in [6.45, 7) is 1.50. The highest BCUT2D eigenvalue weighted by Gasteiger charge is 2.20. The third-order valence-corrected chi connectivity index (χ3v) is 5.02. The first kappa shape index (κ1) is 21.3. The number of rotatable bonds is 5. The zero-order valence-electron chi connectivity index (χ0n) is 17.8. The maximum atomic E-state index is 12.8. The average Bonchev–Trinajstić information content (AvgIpc) is 2.84. The van der Waals surface area contributed by atoms with Crippen molar-refractivity contribution in [1.82, 2.24) is 15.2 Å². The van der Waals surface area contributed by atoms with Gasteiger partial charge in [-0.1, -0.05) is 30.3 Å². The van der Waals surface area contributed by atoms with Crippen LogP contribution in [0.1, 0.15) is 27.2 Å². The molecule has 0 unspecified atom stereocenters. The van der Waals surface area contributed by atoms with Crippen molar-refractivity contribution in [3.8, 4) is 17.5 Å². The summed E-state index contributed by atoms with van der Waals surface area (Å²) in [4.78, 5) is 25.6. The van der Waals surface area contributed by atoms with E-state index in [-0.39, 0.29) is 16.8 Å². The summed E-state index contributed by atoms with van der Waals surface area (Å²) in [5.41, 5.74) is 2.85. The molecule has 0 aliphatic rings. The molecule has 0 radical (unpaired) electrons. The molecule has 8 nitrogen and oxygen atoms in total. The molecule has 0 saturated heterocycles. The first-order valence-electron chi connectivity index (χ1n) is 9.86. The van der Waals surface area contributed by atoms with Crippen molar-refractivity contribution in [1.29, 1.82) is 5.26 Å². The number of amides is 1. The number of fused-ring (bicyclic) bond motifs is 1. The van der Waals surface area contributed by atoms with Crippen LogP contribution >= 0.6 is 0 Å². The lowest BCUT2D eigenvalue weighted by Crippen LogP contribution is -2.31. The lowest BCUT2D eigenvalue weighted by molar-refractivity contribution is 0.0947. The van der Waals surface area contributed by atoms with Crippen LogP contribution in [0.4, 0.5) is 0 Å². The lowest BCUT2D eigenvalue weighted by atomic mass is 10.1. The molecular weight excluding hydrogens is 418 g/mol. The highest BCUT2D eigenvalue weighted by Crippen LogP contribution is 2.16. The van der Waals surface area contributed by atoms with E-state index in [1.54, 1.807) is 30.3 Å². The van der Waals surface area contributed by atoms with Crippen LogP contribution in [0.15, 0.2) is 64.5 Å². The molecule has 4 aromatic rings. The van der Waals surface area contributed by atoms with Crippen molar-refractivity contribution in [2.75, 3.05) is 7.11 Å². The van der Waals surface area contributed by atoms with Gasteiger partial charge in [0.1, 0.15) is 17.4 Å². The van der Waals surface area contributed by atoms with Crippen LogP contribution < -0.4 is 15.7 Å². The third-order valence-electron chi connectivity index (χ3n) is 5.02. The monoisotopic (exact) mass is 435 g/mol. The molecule has 0 fully saturated rings. The van der Waals surface area contributed by atoms with Crippen LogP contribution in [-0.4, -0.2) is 29.0 Å². The van der Waals surface area contributed by atoms with E-state index in [0.717, 1.165) is 21.0 Å². The fourth-order valence-electron chi connectivity index (χ4n) is 3.28. The van der Waals surface area contributed by atoms with Gasteiger partial charge in [-0.2, -0.15) is 20.1 Å². The minimum Gasteiger partial charge on any atom is -0.497 e. The van der Waals surface area contributed by atoms with Gasteiger partial charge in [0.15, 0.2) is 5.69 Å². The quantitative estimate of drug-likeness (QED) is 0.383. The Bertz CT molecular complexity index is 1480. The summed E-state index contributed by atoms with van der Waals surface area (Å²) in [5.74, 6) is -0.0618. The minimum absolute atomic E-state index is 0.0862. The Morgan fingerprint density at radius 2 is 2.00 bits per heavy atom. The van der Waals surface area contributed by atoms with Crippen LogP contribution in [-0.2, 0) is 0 Å². The molecule has 0 aliphatic heterocycles. The van der Waals surface area contributed by atoms with Crippen molar-refractivity contribution in [2.45, 2.75) is 6.92 Å². The molecule has 0 aliphatic carbocycles. The Morgan fingerprint density at radius 1 is 1.24 bits per heavy atom. The van der Waals surface area contributed by atoms with Gasteiger partial charge in [0.05, 0.1) is 19.0 Å². The number of hydrogen-bond donors (Lipinski definition) is 1. The Balaban J connectivity index is 1.67. The molecule has 1 N–H and O–H groups in total. The van der Waals surface area contributed by atoms with Crippen LogP contribution in [0, 0.1) is 30.4 Å². The maximum Gasteiger partial charge on any atom is 0.292 e. The van der Waals surface area contributed by atoms with E-state index in [2.05, 4.69) is 27.8 Å². The number of benzene rings is 2. The van der Waals surface area contributed by atoms with Crippen molar-refractivity contribution >= 4 is 22.9 Å². The topological polar surface area (TPSA) is 109 Å². The maximum absolute atomic E-state index is 12.8. The van der Waals surface area contributed by atoms with E-state index in [4.69, 9.17) is 4.74 Å². The van der Waals surface area contributed by atoms with E-state index in [1.807, 2.05) is 30.3 Å². The Labute approximate surface area is 189 Å². The number of aromatic nitrogens is 2. The molecular formula is C25H17N5O3. The van der Waals surface area contributed by atoms with E-state index >= 15 is 0 Å². The minimum atomic E-state index is -0.654. The van der Waals surface area contributed by atoms with Crippen LogP contribution in [0.5, 0.6) is 5.75 Å². The molecule has 8 heteroatoms. The zero-order chi connectivity index (χ0) is 23.4. The predicted molar refractivity (Wildman–Crippen MR) is 123 cm³/mol. The molecule has 33 heavy (non-hydrogen) atoms. The molecule has 0 saturated carbocycles. The van der Waals surface area contributed by atoms with Gasteiger partial charge in [-0.3, -0.25) is 9.59 Å². The van der Waals surface area contributed by atoms with Gasteiger partial charge in [-0.25, -0.2) is 5.43 Å². The fourth-order valence-corrected chi connectivity index (χ4v) is 3.28. The molecule has 1 amide bonds. The first-order chi connectivity index (χ1) is 16.0. The van der Waals surface area contributed by atoms with Crippen LogP contribution in [0.3, 0.4) is 0 Å². The van der Waals surface area contributed by atoms with E-state index < -0.39 is 11.5 Å². The molecule has 3 aromatic carbocycles. The normalized spacial score (nSPS) is 10.6. The number of carbonyl (C=O) groups is 1.